The molecule has 0 aromatic rings. The molecule has 1 aliphatic heterocycles. The number of hydrogen-bond donors (Lipinski definition) is 1. The molecule has 1 rings (SSSR count). The molecule has 6 heteroatoms. The molecule has 1 fully saturated rings. The molecule has 148 valence electrons. The minimum absolute atomic E-state index is 0.244. The summed E-state index contributed by atoms with van der Waals surface area (Å²) in [4.78, 5) is 37.7. The summed E-state index contributed by atoms with van der Waals surface area (Å²) < 4.78 is 0. The van der Waals surface area contributed by atoms with Gasteiger partial charge in [-0.2, -0.15) is 0 Å². The third-order valence-corrected chi connectivity index (χ3v) is 3.58. The Balaban J connectivity index is 0. The molecule has 0 bridgehead atoms. The minimum Gasteiger partial charge on any atom is -0.361 e. The molecule has 1 unspecified atom stereocenters. The largest absolute Gasteiger partial charge is 0.361 e. The number of piperidine rings is 1. The Bertz CT molecular complexity index is 536. The van der Waals surface area contributed by atoms with Crippen molar-refractivity contribution in [2.45, 2.75) is 60.4 Å². The number of carbonyl (C=O) groups is 3. The van der Waals surface area contributed by atoms with Crippen molar-refractivity contribution in [3.63, 3.8) is 0 Å². The topological polar surface area (TPSA) is 69.7 Å². The first-order chi connectivity index (χ1) is 12.5. The molecule has 1 aliphatic rings. The zero-order valence-electron chi connectivity index (χ0n) is 17.5. The van der Waals surface area contributed by atoms with Gasteiger partial charge in [0.25, 0.3) is 0 Å². The average Bonchev–Trinajstić information content (AvgIpc) is 2.67. The van der Waals surface area contributed by atoms with Crippen molar-refractivity contribution in [3.8, 4) is 0 Å². The highest BCUT2D eigenvalue weighted by molar-refractivity contribution is 6.00. The highest BCUT2D eigenvalue weighted by Crippen LogP contribution is 2.22. The Labute approximate surface area is 158 Å². The molecule has 0 aliphatic carbocycles. The van der Waals surface area contributed by atoms with Crippen LogP contribution in [0.1, 0.15) is 54.4 Å². The predicted octanol–water partition coefficient (Wildman–Crippen LogP) is 3.23. The van der Waals surface area contributed by atoms with Gasteiger partial charge in [-0.25, -0.2) is 0 Å². The Kier molecular flexibility index (Phi) is 14.9. The van der Waals surface area contributed by atoms with Gasteiger partial charge in [-0.05, 0) is 26.3 Å². The molecular weight excluding hydrogens is 330 g/mol. The normalized spacial score (nSPS) is 17.5. The summed E-state index contributed by atoms with van der Waals surface area (Å²) in [5, 5.41) is 2.35. The van der Waals surface area contributed by atoms with Gasteiger partial charge >= 0.3 is 0 Å². The van der Waals surface area contributed by atoms with Gasteiger partial charge in [0, 0.05) is 20.5 Å². The molecule has 1 atom stereocenters. The van der Waals surface area contributed by atoms with Crippen molar-refractivity contribution in [3.05, 3.63) is 35.7 Å². The van der Waals surface area contributed by atoms with Gasteiger partial charge in [0.05, 0.1) is 11.4 Å². The van der Waals surface area contributed by atoms with E-state index in [1.54, 1.807) is 19.0 Å². The maximum Gasteiger partial charge on any atom is 0.249 e. The maximum absolute atomic E-state index is 12.0. The van der Waals surface area contributed by atoms with Crippen LogP contribution in [-0.4, -0.2) is 48.2 Å². The second-order valence-electron chi connectivity index (χ2n) is 5.05. The molecule has 0 saturated carbocycles. The van der Waals surface area contributed by atoms with Crippen molar-refractivity contribution >= 4 is 18.2 Å². The first-order valence-electron chi connectivity index (χ1n) is 9.20. The molecule has 6 nitrogen and oxygen atoms in total. The highest BCUT2D eigenvalue weighted by Gasteiger charge is 2.31. The van der Waals surface area contributed by atoms with E-state index in [-0.39, 0.29) is 11.8 Å². The Hall–Kier alpha value is -2.37. The van der Waals surface area contributed by atoms with E-state index in [0.717, 1.165) is 12.1 Å². The number of allylic oxidation sites excluding steroid dienone is 4. The minimum atomic E-state index is -0.432. The van der Waals surface area contributed by atoms with E-state index in [1.165, 1.54) is 4.90 Å². The van der Waals surface area contributed by atoms with Crippen LogP contribution < -0.4 is 5.32 Å². The summed E-state index contributed by atoms with van der Waals surface area (Å²) >= 11 is 0. The van der Waals surface area contributed by atoms with E-state index in [4.69, 9.17) is 0 Å². The van der Waals surface area contributed by atoms with Crippen LogP contribution in [0, 0.1) is 0 Å². The van der Waals surface area contributed by atoms with Crippen LogP contribution in [0.25, 0.3) is 0 Å². The lowest BCUT2D eigenvalue weighted by molar-refractivity contribution is -0.136. The van der Waals surface area contributed by atoms with E-state index in [2.05, 4.69) is 5.32 Å². The lowest BCUT2D eigenvalue weighted by Crippen LogP contribution is -2.51. The smallest absolute Gasteiger partial charge is 0.249 e. The van der Waals surface area contributed by atoms with E-state index in [0.29, 0.717) is 18.5 Å². The quantitative estimate of drug-likeness (QED) is 0.446. The van der Waals surface area contributed by atoms with Gasteiger partial charge in [-0.3, -0.25) is 19.7 Å². The Morgan fingerprint density at radius 1 is 1.08 bits per heavy atom. The zero-order chi connectivity index (χ0) is 20.7. The van der Waals surface area contributed by atoms with Crippen LogP contribution in [0.5, 0.6) is 0 Å². The molecule has 1 N–H and O–H groups in total. The molecule has 1 heterocycles. The van der Waals surface area contributed by atoms with Crippen LogP contribution in [0.15, 0.2) is 35.7 Å². The van der Waals surface area contributed by atoms with Gasteiger partial charge in [0.1, 0.15) is 6.04 Å². The fourth-order valence-electron chi connectivity index (χ4n) is 2.38. The number of likely N-dealkylation sites (N-methyl/N-ethyl adjacent to an activating group) is 2. The summed E-state index contributed by atoms with van der Waals surface area (Å²) in [7, 11) is 3.45. The van der Waals surface area contributed by atoms with E-state index in [9.17, 15) is 14.4 Å². The molecule has 1 saturated heterocycles. The van der Waals surface area contributed by atoms with Crippen molar-refractivity contribution < 1.29 is 14.4 Å². The molecule has 0 spiro atoms. The Morgan fingerprint density at radius 2 is 1.65 bits per heavy atom. The summed E-state index contributed by atoms with van der Waals surface area (Å²) in [5.41, 5.74) is 1.44. The van der Waals surface area contributed by atoms with Crippen molar-refractivity contribution in [2.75, 3.05) is 14.1 Å². The number of imide groups is 1. The van der Waals surface area contributed by atoms with Gasteiger partial charge in [0.2, 0.25) is 18.2 Å². The number of amides is 3. The number of rotatable bonds is 6. The maximum atomic E-state index is 12.0. The molecule has 3 amide bonds. The molecular formula is C20H35N3O3. The number of nitrogens with one attached hydrogen (secondary N) is 1. The summed E-state index contributed by atoms with van der Waals surface area (Å²) in [6.07, 6.45) is 8.84. The average molecular weight is 366 g/mol. The zero-order valence-corrected chi connectivity index (χ0v) is 17.5. The van der Waals surface area contributed by atoms with Crippen LogP contribution in [0.3, 0.4) is 0 Å². The van der Waals surface area contributed by atoms with E-state index in [1.807, 2.05) is 65.8 Å². The van der Waals surface area contributed by atoms with Gasteiger partial charge < -0.3 is 9.80 Å². The fourth-order valence-corrected chi connectivity index (χ4v) is 2.38. The number of nitrogens with zero attached hydrogens (tertiary/aromatic N) is 2. The van der Waals surface area contributed by atoms with E-state index < -0.39 is 6.04 Å². The first kappa shape index (κ1) is 25.9. The van der Waals surface area contributed by atoms with Gasteiger partial charge in [-0.1, -0.05) is 45.9 Å². The number of hydrogen-bond acceptors (Lipinski definition) is 4. The van der Waals surface area contributed by atoms with E-state index >= 15 is 0 Å². The Morgan fingerprint density at radius 3 is 2.08 bits per heavy atom. The number of carbonyl (C=O) groups excluding carboxylic acids is 3. The SMILES string of the molecule is CC.CC.C\C=C/C=C(\C(=C/C)N(C)C1CCC(=O)NC1=O)N(C)C=O. The van der Waals surface area contributed by atoms with Crippen LogP contribution >= 0.6 is 0 Å². The summed E-state index contributed by atoms with van der Waals surface area (Å²) in [6, 6.07) is -0.432. The molecule has 0 aromatic carbocycles. The van der Waals surface area contributed by atoms with Crippen LogP contribution in [0.4, 0.5) is 0 Å². The van der Waals surface area contributed by atoms with Crippen molar-refractivity contribution in [1.82, 2.24) is 15.1 Å². The van der Waals surface area contributed by atoms with Gasteiger partial charge in [0.15, 0.2) is 0 Å². The second kappa shape index (κ2) is 14.9. The standard InChI is InChI=1S/C16H23N3O3.2C2H6/c1-5-7-8-13(18(3)11-20)12(6-2)19(4)14-9-10-15(21)17-16(14)22;2*1-2/h5-8,11,14H,9-10H2,1-4H3,(H,17,21,22);2*1-2H3/b7-5-,12-6+,13-8+;;. The predicted molar refractivity (Wildman–Crippen MR) is 107 cm³/mol. The van der Waals surface area contributed by atoms with Crippen molar-refractivity contribution in [2.24, 2.45) is 0 Å². The van der Waals surface area contributed by atoms with Crippen LogP contribution in [-0.2, 0) is 14.4 Å². The second-order valence-corrected chi connectivity index (χ2v) is 5.05. The molecule has 0 radical (unpaired) electrons. The lowest BCUT2D eigenvalue weighted by atomic mass is 10.0. The van der Waals surface area contributed by atoms with Crippen LogP contribution in [0.2, 0.25) is 0 Å². The highest BCUT2D eigenvalue weighted by atomic mass is 16.2. The molecule has 0 aromatic heterocycles. The first-order valence-corrected chi connectivity index (χ1v) is 9.20. The third kappa shape index (κ3) is 7.68. The third-order valence-electron chi connectivity index (χ3n) is 3.58. The molecule has 26 heavy (non-hydrogen) atoms. The summed E-state index contributed by atoms with van der Waals surface area (Å²) in [6.45, 7) is 11.7. The van der Waals surface area contributed by atoms with Gasteiger partial charge in [-0.15, -0.1) is 0 Å². The summed E-state index contributed by atoms with van der Waals surface area (Å²) in [5.74, 6) is -0.552. The lowest BCUT2D eigenvalue weighted by Gasteiger charge is -2.35. The van der Waals surface area contributed by atoms with Crippen molar-refractivity contribution in [1.29, 1.82) is 0 Å². The monoisotopic (exact) mass is 365 g/mol. The fraction of sp³-hybridized carbons (Fsp3) is 0.550.